The molecule has 0 heterocycles. The zero-order chi connectivity index (χ0) is 18.2. The molecule has 0 unspecified atom stereocenters. The van der Waals surface area contributed by atoms with E-state index in [-0.39, 0.29) is 11.5 Å². The molecule has 136 valence electrons. The number of carbonyl (C=O) groups is 2. The molecule has 0 amide bonds. The van der Waals surface area contributed by atoms with Gasteiger partial charge in [0.1, 0.15) is 5.71 Å². The fourth-order valence-corrected chi connectivity index (χ4v) is 2.45. The van der Waals surface area contributed by atoms with Crippen molar-refractivity contribution in [3.05, 3.63) is 23.3 Å². The standard InChI is InChI=1S/C19H25NO5/c1-4-6-8-23-17-11-14-10-16(20-25-13(3)21)19(22)15(14)12-18(17)24-9-7-5-2/h11-12H,4-10H2,1-3H3. The lowest BCUT2D eigenvalue weighted by molar-refractivity contribution is -0.140. The van der Waals surface area contributed by atoms with Crippen LogP contribution in [0.25, 0.3) is 0 Å². The van der Waals surface area contributed by atoms with Gasteiger partial charge in [0.05, 0.1) is 13.2 Å². The molecular weight excluding hydrogens is 322 g/mol. The topological polar surface area (TPSA) is 74.2 Å². The number of ketones is 1. The number of oxime groups is 1. The summed E-state index contributed by atoms with van der Waals surface area (Å²) in [7, 11) is 0. The van der Waals surface area contributed by atoms with Gasteiger partial charge >= 0.3 is 5.97 Å². The smallest absolute Gasteiger partial charge is 0.331 e. The van der Waals surface area contributed by atoms with Crippen LogP contribution in [0.2, 0.25) is 0 Å². The summed E-state index contributed by atoms with van der Waals surface area (Å²) in [5.41, 5.74) is 1.56. The molecule has 0 N–H and O–H groups in total. The van der Waals surface area contributed by atoms with Gasteiger partial charge in [-0.05, 0) is 30.5 Å². The van der Waals surface area contributed by atoms with Crippen LogP contribution in [0.15, 0.2) is 17.3 Å². The third kappa shape index (κ3) is 5.05. The summed E-state index contributed by atoms with van der Waals surface area (Å²) in [5, 5.41) is 3.66. The molecule has 1 aliphatic carbocycles. The summed E-state index contributed by atoms with van der Waals surface area (Å²) < 4.78 is 11.7. The fraction of sp³-hybridized carbons (Fsp3) is 0.526. The maximum absolute atomic E-state index is 12.4. The molecule has 6 nitrogen and oxygen atoms in total. The Morgan fingerprint density at radius 3 is 2.24 bits per heavy atom. The van der Waals surface area contributed by atoms with Crippen molar-refractivity contribution in [2.24, 2.45) is 5.16 Å². The van der Waals surface area contributed by atoms with Gasteiger partial charge in [0, 0.05) is 18.9 Å². The number of hydrogen-bond acceptors (Lipinski definition) is 6. The maximum atomic E-state index is 12.4. The summed E-state index contributed by atoms with van der Waals surface area (Å²) in [5.74, 6) is 0.426. The Bertz CT molecular complexity index is 666. The van der Waals surface area contributed by atoms with Gasteiger partial charge in [-0.2, -0.15) is 0 Å². The summed E-state index contributed by atoms with van der Waals surface area (Å²) >= 11 is 0. The van der Waals surface area contributed by atoms with E-state index in [2.05, 4.69) is 23.8 Å². The molecule has 0 radical (unpaired) electrons. The van der Waals surface area contributed by atoms with Crippen molar-refractivity contribution in [2.75, 3.05) is 13.2 Å². The number of hydrogen-bond donors (Lipinski definition) is 0. The van der Waals surface area contributed by atoms with E-state index in [0.717, 1.165) is 31.2 Å². The normalized spacial score (nSPS) is 14.5. The van der Waals surface area contributed by atoms with E-state index >= 15 is 0 Å². The number of unbranched alkanes of at least 4 members (excludes halogenated alkanes) is 2. The second-order valence-electron chi connectivity index (χ2n) is 5.99. The van der Waals surface area contributed by atoms with Crippen molar-refractivity contribution in [2.45, 2.75) is 52.9 Å². The predicted octanol–water partition coefficient (Wildman–Crippen LogP) is 3.70. The molecule has 0 fully saturated rings. The first-order valence-electron chi connectivity index (χ1n) is 8.78. The zero-order valence-electron chi connectivity index (χ0n) is 15.1. The lowest BCUT2D eigenvalue weighted by Gasteiger charge is -2.14. The largest absolute Gasteiger partial charge is 0.490 e. The lowest BCUT2D eigenvalue weighted by atomic mass is 10.1. The van der Waals surface area contributed by atoms with Crippen LogP contribution in [-0.4, -0.2) is 30.7 Å². The third-order valence-corrected chi connectivity index (χ3v) is 3.83. The van der Waals surface area contributed by atoms with Crippen molar-refractivity contribution in [1.82, 2.24) is 0 Å². The van der Waals surface area contributed by atoms with Gasteiger partial charge in [-0.15, -0.1) is 0 Å². The Balaban J connectivity index is 2.24. The van der Waals surface area contributed by atoms with Crippen LogP contribution in [0, 0.1) is 0 Å². The molecule has 0 atom stereocenters. The Kier molecular flexibility index (Phi) is 6.98. The summed E-state index contributed by atoms with van der Waals surface area (Å²) in [4.78, 5) is 28.0. The van der Waals surface area contributed by atoms with Gasteiger partial charge in [-0.1, -0.05) is 31.8 Å². The monoisotopic (exact) mass is 347 g/mol. The Hall–Kier alpha value is -2.37. The van der Waals surface area contributed by atoms with E-state index in [1.807, 2.05) is 6.07 Å². The highest BCUT2D eigenvalue weighted by Gasteiger charge is 2.29. The molecular formula is C19H25NO5. The van der Waals surface area contributed by atoms with E-state index < -0.39 is 5.97 Å². The van der Waals surface area contributed by atoms with Gasteiger partial charge in [0.2, 0.25) is 5.78 Å². The Morgan fingerprint density at radius 1 is 1.08 bits per heavy atom. The van der Waals surface area contributed by atoms with Gasteiger partial charge < -0.3 is 14.3 Å². The summed E-state index contributed by atoms with van der Waals surface area (Å²) in [6, 6.07) is 3.55. The van der Waals surface area contributed by atoms with Crippen LogP contribution in [0.1, 0.15) is 62.4 Å². The fourth-order valence-electron chi connectivity index (χ4n) is 2.45. The average molecular weight is 347 g/mol. The highest BCUT2D eigenvalue weighted by atomic mass is 16.7. The van der Waals surface area contributed by atoms with Crippen LogP contribution in [-0.2, 0) is 16.1 Å². The van der Waals surface area contributed by atoms with E-state index in [4.69, 9.17) is 9.47 Å². The van der Waals surface area contributed by atoms with Gasteiger partial charge in [-0.25, -0.2) is 4.79 Å². The second kappa shape index (κ2) is 9.20. The molecule has 6 heteroatoms. The second-order valence-corrected chi connectivity index (χ2v) is 5.99. The van der Waals surface area contributed by atoms with E-state index in [1.54, 1.807) is 6.07 Å². The number of Topliss-reactive ketones (excluding diaryl/α,β-unsaturated/α-hetero) is 1. The summed E-state index contributed by atoms with van der Waals surface area (Å²) in [6.07, 6.45) is 4.26. The molecule has 1 aromatic carbocycles. The number of benzene rings is 1. The third-order valence-electron chi connectivity index (χ3n) is 3.83. The number of nitrogens with zero attached hydrogens (tertiary/aromatic N) is 1. The highest BCUT2D eigenvalue weighted by Crippen LogP contribution is 2.35. The molecule has 0 aromatic heterocycles. The zero-order valence-corrected chi connectivity index (χ0v) is 15.1. The van der Waals surface area contributed by atoms with Crippen LogP contribution in [0.4, 0.5) is 0 Å². The first-order chi connectivity index (χ1) is 12.1. The van der Waals surface area contributed by atoms with E-state index in [9.17, 15) is 9.59 Å². The van der Waals surface area contributed by atoms with Gasteiger partial charge in [0.25, 0.3) is 0 Å². The molecule has 0 saturated heterocycles. The van der Waals surface area contributed by atoms with Crippen molar-refractivity contribution < 1.29 is 23.9 Å². The Morgan fingerprint density at radius 2 is 1.68 bits per heavy atom. The lowest BCUT2D eigenvalue weighted by Crippen LogP contribution is -2.09. The van der Waals surface area contributed by atoms with Crippen molar-refractivity contribution in [3.8, 4) is 11.5 Å². The van der Waals surface area contributed by atoms with Crippen LogP contribution < -0.4 is 9.47 Å². The van der Waals surface area contributed by atoms with E-state index in [0.29, 0.717) is 36.7 Å². The molecule has 0 aliphatic heterocycles. The minimum absolute atomic E-state index is 0.218. The first kappa shape index (κ1) is 19.0. The number of carbonyl (C=O) groups excluding carboxylic acids is 2. The summed E-state index contributed by atoms with van der Waals surface area (Å²) in [6.45, 7) is 6.60. The molecule has 1 aliphatic rings. The predicted molar refractivity (Wildman–Crippen MR) is 94.5 cm³/mol. The highest BCUT2D eigenvalue weighted by molar-refractivity contribution is 6.49. The van der Waals surface area contributed by atoms with E-state index in [1.165, 1.54) is 6.92 Å². The average Bonchev–Trinajstić information content (AvgIpc) is 2.89. The minimum Gasteiger partial charge on any atom is -0.490 e. The minimum atomic E-state index is -0.552. The quantitative estimate of drug-likeness (QED) is 0.387. The molecule has 1 aromatic rings. The van der Waals surface area contributed by atoms with Crippen LogP contribution in [0.3, 0.4) is 0 Å². The van der Waals surface area contributed by atoms with Crippen molar-refractivity contribution >= 4 is 17.5 Å². The molecule has 0 spiro atoms. The van der Waals surface area contributed by atoms with Crippen LogP contribution >= 0.6 is 0 Å². The van der Waals surface area contributed by atoms with Gasteiger partial charge in [-0.3, -0.25) is 4.79 Å². The SMILES string of the molecule is CCCCOc1cc2c(cc1OCCCC)C(=O)C(=NOC(C)=O)C2. The van der Waals surface area contributed by atoms with Crippen molar-refractivity contribution in [3.63, 3.8) is 0 Å². The van der Waals surface area contributed by atoms with Crippen LogP contribution in [0.5, 0.6) is 11.5 Å². The number of ether oxygens (including phenoxy) is 2. The Labute approximate surface area is 148 Å². The molecule has 25 heavy (non-hydrogen) atoms. The first-order valence-corrected chi connectivity index (χ1v) is 8.78. The number of rotatable bonds is 9. The maximum Gasteiger partial charge on any atom is 0.331 e. The molecule has 0 saturated carbocycles. The van der Waals surface area contributed by atoms with Gasteiger partial charge in [0.15, 0.2) is 11.5 Å². The number of fused-ring (bicyclic) bond motifs is 1. The molecule has 2 rings (SSSR count). The molecule has 0 bridgehead atoms. The van der Waals surface area contributed by atoms with Crippen molar-refractivity contribution in [1.29, 1.82) is 0 Å².